The van der Waals surface area contributed by atoms with Crippen LogP contribution in [-0.4, -0.2) is 91.5 Å². The van der Waals surface area contributed by atoms with Gasteiger partial charge < -0.3 is 25.5 Å². The van der Waals surface area contributed by atoms with Crippen molar-refractivity contribution in [1.82, 2.24) is 24.5 Å². The summed E-state index contributed by atoms with van der Waals surface area (Å²) in [5.41, 5.74) is 3.78. The highest BCUT2D eigenvalue weighted by Crippen LogP contribution is 2.33. The van der Waals surface area contributed by atoms with Gasteiger partial charge in [0.15, 0.2) is 33.0 Å². The molecule has 4 N–H and O–H groups in total. The second kappa shape index (κ2) is 9.58. The zero-order valence-electron chi connectivity index (χ0n) is 18.5. The van der Waals surface area contributed by atoms with Gasteiger partial charge in [-0.3, -0.25) is 4.57 Å². The molecule has 2 aliphatic rings. The Morgan fingerprint density at radius 3 is 2.49 bits per heavy atom. The van der Waals surface area contributed by atoms with Crippen LogP contribution in [0.2, 0.25) is 5.28 Å². The number of nitrogens with one attached hydrogen (secondary N) is 1. The van der Waals surface area contributed by atoms with E-state index in [1.165, 1.54) is 10.9 Å². The number of nitrogens with zero attached hydrogens (tertiary/aromatic N) is 5. The highest BCUT2D eigenvalue weighted by Gasteiger charge is 2.44. The monoisotopic (exact) mass is 524 g/mol. The summed E-state index contributed by atoms with van der Waals surface area (Å²) in [6, 6.07) is 8.44. The summed E-state index contributed by atoms with van der Waals surface area (Å²) in [5, 5.41) is 31.1. The molecule has 0 spiro atoms. The molecule has 4 atom stereocenters. The van der Waals surface area contributed by atoms with E-state index in [2.05, 4.69) is 20.4 Å². The molecule has 0 saturated carbocycles. The maximum absolute atomic E-state index is 12.9. The van der Waals surface area contributed by atoms with E-state index in [1.807, 2.05) is 5.01 Å². The van der Waals surface area contributed by atoms with Gasteiger partial charge in [-0.15, -0.1) is 0 Å². The number of imidazole rings is 1. The number of halogens is 1. The van der Waals surface area contributed by atoms with Crippen molar-refractivity contribution in [2.45, 2.75) is 47.5 Å². The smallest absolute Gasteiger partial charge is 0.226 e. The van der Waals surface area contributed by atoms with E-state index in [1.54, 1.807) is 30.3 Å². The van der Waals surface area contributed by atoms with E-state index in [-0.39, 0.29) is 10.9 Å². The molecule has 2 aliphatic heterocycles. The lowest BCUT2D eigenvalue weighted by Gasteiger charge is -2.32. The first-order chi connectivity index (χ1) is 16.8. The fourth-order valence-electron chi connectivity index (χ4n) is 4.49. The molecule has 12 nitrogen and oxygen atoms in total. The number of benzene rings is 1. The summed E-state index contributed by atoms with van der Waals surface area (Å²) < 4.78 is 32.9. The molecule has 35 heavy (non-hydrogen) atoms. The Morgan fingerprint density at radius 2 is 1.83 bits per heavy atom. The van der Waals surface area contributed by atoms with Crippen LogP contribution in [0.5, 0.6) is 0 Å². The number of sulfone groups is 1. The van der Waals surface area contributed by atoms with Gasteiger partial charge in [-0.2, -0.15) is 9.97 Å². The molecule has 0 bridgehead atoms. The van der Waals surface area contributed by atoms with Crippen LogP contribution >= 0.6 is 11.6 Å². The Labute approximate surface area is 206 Å². The molecule has 2 saturated heterocycles. The molecule has 2 unspecified atom stereocenters. The predicted octanol–water partition coefficient (Wildman–Crippen LogP) is 0.356. The Morgan fingerprint density at radius 1 is 1.11 bits per heavy atom. The zero-order chi connectivity index (χ0) is 24.7. The second-order valence-electron chi connectivity index (χ2n) is 8.55. The zero-order valence-corrected chi connectivity index (χ0v) is 20.0. The molecule has 188 valence electrons. The summed E-state index contributed by atoms with van der Waals surface area (Å²) in [6.07, 6.45) is -2.29. The molecule has 0 aliphatic carbocycles. The Hall–Kier alpha value is -2.39. The van der Waals surface area contributed by atoms with Crippen LogP contribution < -0.4 is 5.43 Å². The molecule has 1 aromatic carbocycles. The summed E-state index contributed by atoms with van der Waals surface area (Å²) >= 11 is 6.16. The second-order valence-corrected chi connectivity index (χ2v) is 11.1. The van der Waals surface area contributed by atoms with Crippen molar-refractivity contribution in [3.63, 3.8) is 0 Å². The highest BCUT2D eigenvalue weighted by molar-refractivity contribution is 7.92. The third kappa shape index (κ3) is 4.48. The first-order valence-corrected chi connectivity index (χ1v) is 13.0. The van der Waals surface area contributed by atoms with E-state index < -0.39 is 46.2 Å². The fraction of sp³-hybridized carbons (Fsp3) is 0.476. The fourth-order valence-corrected chi connectivity index (χ4v) is 6.41. The number of aliphatic hydroxyl groups excluding tert-OH is 3. The number of aromatic nitrogens is 4. The average molecular weight is 525 g/mol. The van der Waals surface area contributed by atoms with Crippen molar-refractivity contribution in [3.8, 4) is 0 Å². The first kappa shape index (κ1) is 24.3. The lowest BCUT2D eigenvalue weighted by Crippen LogP contribution is -2.42. The summed E-state index contributed by atoms with van der Waals surface area (Å²) in [6.45, 7) is 0.449. The topological polar surface area (TPSA) is 163 Å². The maximum atomic E-state index is 12.9. The number of aliphatic hydroxyl groups is 3. The average Bonchev–Trinajstić information content (AvgIpc) is 3.40. The van der Waals surface area contributed by atoms with Crippen LogP contribution in [0.4, 0.5) is 5.82 Å². The maximum Gasteiger partial charge on any atom is 0.226 e. The Balaban J connectivity index is 1.33. The van der Waals surface area contributed by atoms with Crippen molar-refractivity contribution < 1.29 is 28.5 Å². The summed E-state index contributed by atoms with van der Waals surface area (Å²) in [7, 11) is -3.42. The Kier molecular flexibility index (Phi) is 6.65. The summed E-state index contributed by atoms with van der Waals surface area (Å²) in [4.78, 5) is 13.1. The van der Waals surface area contributed by atoms with Crippen LogP contribution in [0, 0.1) is 0 Å². The minimum Gasteiger partial charge on any atom is -0.394 e. The van der Waals surface area contributed by atoms with Crippen LogP contribution in [0.15, 0.2) is 41.6 Å². The van der Waals surface area contributed by atoms with Crippen LogP contribution in [-0.2, 0) is 14.6 Å². The van der Waals surface area contributed by atoms with Gasteiger partial charge >= 0.3 is 0 Å². The molecular weight excluding hydrogens is 500 g/mol. The van der Waals surface area contributed by atoms with Gasteiger partial charge in [0.05, 0.1) is 23.1 Å². The highest BCUT2D eigenvalue weighted by atomic mass is 35.5. The first-order valence-electron chi connectivity index (χ1n) is 11.1. The van der Waals surface area contributed by atoms with Gasteiger partial charge in [-0.05, 0) is 36.6 Å². The molecule has 3 aromatic rings. The molecule has 14 heteroatoms. The number of ether oxygens (including phenoxy) is 1. The van der Waals surface area contributed by atoms with Gasteiger partial charge in [-0.1, -0.05) is 18.2 Å². The van der Waals surface area contributed by atoms with Crippen molar-refractivity contribution in [2.24, 2.45) is 0 Å². The number of hydrogen-bond acceptors (Lipinski definition) is 11. The van der Waals surface area contributed by atoms with Gasteiger partial charge in [0.1, 0.15) is 18.3 Å². The van der Waals surface area contributed by atoms with Gasteiger partial charge in [-0.25, -0.2) is 18.4 Å². The van der Waals surface area contributed by atoms with Gasteiger partial charge in [0.2, 0.25) is 5.28 Å². The number of hydrogen-bond donors (Lipinski definition) is 4. The van der Waals surface area contributed by atoms with Crippen molar-refractivity contribution in [1.29, 1.82) is 0 Å². The SMILES string of the molecule is O=S(=O)(c1ccccc1)C1CCN(Nc2nc(Cl)nc3c2ncn3[C@@H]2O[C@H](CO)C(O)C2O)CC1. The predicted molar refractivity (Wildman–Crippen MR) is 125 cm³/mol. The van der Waals surface area contributed by atoms with E-state index in [9.17, 15) is 23.7 Å². The minimum absolute atomic E-state index is 0.0740. The van der Waals surface area contributed by atoms with Gasteiger partial charge in [0.25, 0.3) is 0 Å². The molecule has 2 aromatic heterocycles. The lowest BCUT2D eigenvalue weighted by molar-refractivity contribution is -0.0511. The van der Waals surface area contributed by atoms with Crippen molar-refractivity contribution in [2.75, 3.05) is 25.1 Å². The van der Waals surface area contributed by atoms with Crippen molar-refractivity contribution in [3.05, 3.63) is 41.9 Å². The molecule has 4 heterocycles. The number of rotatable bonds is 6. The molecular formula is C21H25ClN6O6S. The van der Waals surface area contributed by atoms with E-state index in [0.717, 1.165) is 0 Å². The van der Waals surface area contributed by atoms with Crippen LogP contribution in [0.25, 0.3) is 11.2 Å². The number of piperidine rings is 1. The normalized spacial score (nSPS) is 26.4. The molecule has 5 rings (SSSR count). The third-order valence-corrected chi connectivity index (χ3v) is 8.85. The Bertz CT molecular complexity index is 1300. The van der Waals surface area contributed by atoms with Gasteiger partial charge in [0, 0.05) is 13.1 Å². The number of fused-ring (bicyclic) bond motifs is 1. The molecule has 0 amide bonds. The lowest BCUT2D eigenvalue weighted by atomic mass is 10.1. The third-order valence-electron chi connectivity index (χ3n) is 6.40. The van der Waals surface area contributed by atoms with E-state index >= 15 is 0 Å². The molecule has 2 fully saturated rings. The van der Waals surface area contributed by atoms with Crippen LogP contribution in [0.1, 0.15) is 19.1 Å². The molecule has 0 radical (unpaired) electrons. The number of hydrazine groups is 1. The number of anilines is 1. The largest absolute Gasteiger partial charge is 0.394 e. The quantitative estimate of drug-likeness (QED) is 0.329. The minimum atomic E-state index is -3.42. The van der Waals surface area contributed by atoms with Crippen LogP contribution in [0.3, 0.4) is 0 Å². The van der Waals surface area contributed by atoms with E-state index in [0.29, 0.717) is 42.2 Å². The standard InChI is InChI=1S/C21H25ClN6O6S/c22-21-24-18(15-19(25-21)28(11-23-15)20-17(31)16(30)14(10-29)34-20)26-27-8-6-13(7-9-27)35(32,33)12-4-2-1-3-5-12/h1-5,11,13-14,16-17,20,29-31H,6-10H2,(H,24,25,26)/t14-,16?,17?,20-/m1/s1. The van der Waals surface area contributed by atoms with Crippen molar-refractivity contribution >= 4 is 38.4 Å². The summed E-state index contributed by atoms with van der Waals surface area (Å²) in [5.74, 6) is 0.315. The van der Waals surface area contributed by atoms with E-state index in [4.69, 9.17) is 16.3 Å².